The fourth-order valence-corrected chi connectivity index (χ4v) is 8.23. The average molecular weight is 779 g/mol. The van der Waals surface area contributed by atoms with Crippen LogP contribution in [0.15, 0.2) is 47.4 Å². The molecule has 3 N–H and O–H groups in total. The number of likely N-dealkylation sites (tertiary alicyclic amines) is 2. The maximum atomic E-state index is 13.7. The first-order chi connectivity index (χ1) is 27.4. The van der Waals surface area contributed by atoms with Crippen LogP contribution in [0, 0.1) is 23.7 Å². The summed E-state index contributed by atoms with van der Waals surface area (Å²) < 4.78 is 9.72. The molecule has 5 heterocycles. The summed E-state index contributed by atoms with van der Waals surface area (Å²) in [5.74, 6) is -0.269. The lowest BCUT2D eigenvalue weighted by Gasteiger charge is -2.29. The van der Waals surface area contributed by atoms with E-state index in [1.807, 2.05) is 73.9 Å². The molecule has 2 aliphatic heterocycles. The fourth-order valence-electron chi connectivity index (χ4n) is 8.23. The number of methoxy groups -OCH3 is 2. The lowest BCUT2D eigenvalue weighted by Crippen LogP contribution is -2.39. The van der Waals surface area contributed by atoms with Crippen molar-refractivity contribution in [3.63, 3.8) is 0 Å². The Morgan fingerprint density at radius 3 is 1.65 bits per heavy atom. The summed E-state index contributed by atoms with van der Waals surface area (Å²) in [5, 5.41) is 0. The number of amides is 2. The van der Waals surface area contributed by atoms with E-state index in [0.29, 0.717) is 52.8 Å². The second-order valence-electron chi connectivity index (χ2n) is 15.8. The number of rotatable bonds is 12. The number of benzene rings is 2. The molecular formula is C42H50N8O7. The normalized spacial score (nSPS) is 18.2. The van der Waals surface area contributed by atoms with Crippen LogP contribution in [0.1, 0.15) is 90.0 Å². The number of carbonyl (C=O) groups excluding carboxylic acids is 4. The Balaban J connectivity index is 1.09. The van der Waals surface area contributed by atoms with Gasteiger partial charge in [-0.3, -0.25) is 24.0 Å². The molecule has 15 heteroatoms. The minimum absolute atomic E-state index is 0.0308. The zero-order valence-electron chi connectivity index (χ0n) is 33.3. The number of hydrogen-bond acceptors (Lipinski definition) is 10. The maximum Gasteiger partial charge on any atom is 0.306 e. The summed E-state index contributed by atoms with van der Waals surface area (Å²) in [4.78, 5) is 92.7. The topological polar surface area (TPSA) is 196 Å². The van der Waals surface area contributed by atoms with Crippen molar-refractivity contribution < 1.29 is 28.7 Å². The molecule has 0 aliphatic carbocycles. The molecule has 0 bridgehead atoms. The van der Waals surface area contributed by atoms with E-state index in [0.717, 1.165) is 42.2 Å². The number of aromatic nitrogens is 6. The minimum Gasteiger partial charge on any atom is -0.469 e. The van der Waals surface area contributed by atoms with Crippen molar-refractivity contribution >= 4 is 45.8 Å². The van der Waals surface area contributed by atoms with Crippen molar-refractivity contribution in [3.05, 3.63) is 64.6 Å². The Labute approximate surface area is 330 Å². The summed E-state index contributed by atoms with van der Waals surface area (Å²) in [5.41, 5.74) is 4.33. The molecule has 5 aromatic rings. The molecule has 2 fully saturated rings. The van der Waals surface area contributed by atoms with Crippen molar-refractivity contribution in [1.29, 1.82) is 0 Å². The predicted molar refractivity (Wildman–Crippen MR) is 212 cm³/mol. The molecule has 2 saturated heterocycles. The monoisotopic (exact) mass is 778 g/mol. The van der Waals surface area contributed by atoms with E-state index in [9.17, 15) is 24.0 Å². The number of imidazole rings is 2. The second-order valence-corrected chi connectivity index (χ2v) is 15.8. The van der Waals surface area contributed by atoms with Gasteiger partial charge in [0, 0.05) is 24.8 Å². The number of H-pyrrole nitrogens is 3. The molecule has 15 nitrogen and oxygen atoms in total. The van der Waals surface area contributed by atoms with Gasteiger partial charge in [-0.1, -0.05) is 33.8 Å². The fraction of sp³-hybridized carbons (Fsp3) is 0.476. The number of esters is 2. The summed E-state index contributed by atoms with van der Waals surface area (Å²) in [6.45, 7) is 8.91. The number of hydrogen-bond donors (Lipinski definition) is 3. The SMILES string of the molecule is COC(=O)C[C@H](C(=O)N1CCC[C@H]1c1nc2ccc(-c3ncc(-c4ccc5nc([C@@H]6CCCN6C(=O)[C@@H](CC(=O)OC)C(C)C)[nH]c5c4)c(=O)[nH]3)cc2[nH]1)C(C)C. The summed E-state index contributed by atoms with van der Waals surface area (Å²) in [7, 11) is 2.66. The minimum atomic E-state index is -0.487. The number of carbonyl (C=O) groups is 4. The first kappa shape index (κ1) is 39.4. The molecule has 7 rings (SSSR count). The highest BCUT2D eigenvalue weighted by molar-refractivity contribution is 5.87. The van der Waals surface area contributed by atoms with Gasteiger partial charge in [-0.15, -0.1) is 0 Å². The van der Waals surface area contributed by atoms with E-state index in [-0.39, 0.29) is 54.1 Å². The Morgan fingerprint density at radius 2 is 1.19 bits per heavy atom. The first-order valence-corrected chi connectivity index (χ1v) is 19.7. The first-order valence-electron chi connectivity index (χ1n) is 19.7. The van der Waals surface area contributed by atoms with Crippen molar-refractivity contribution in [1.82, 2.24) is 39.7 Å². The van der Waals surface area contributed by atoms with Crippen molar-refractivity contribution in [3.8, 4) is 22.5 Å². The molecule has 57 heavy (non-hydrogen) atoms. The Morgan fingerprint density at radius 1 is 0.719 bits per heavy atom. The third kappa shape index (κ3) is 7.92. The Bertz CT molecular complexity index is 2380. The molecule has 300 valence electrons. The smallest absolute Gasteiger partial charge is 0.306 e. The number of ether oxygens (including phenoxy) is 2. The summed E-state index contributed by atoms with van der Waals surface area (Å²) >= 11 is 0. The van der Waals surface area contributed by atoms with Gasteiger partial charge in [0.15, 0.2) is 0 Å². The van der Waals surface area contributed by atoms with Gasteiger partial charge in [0.2, 0.25) is 11.8 Å². The van der Waals surface area contributed by atoms with E-state index in [1.54, 1.807) is 6.20 Å². The van der Waals surface area contributed by atoms with Crippen molar-refractivity contribution in [2.75, 3.05) is 27.3 Å². The van der Waals surface area contributed by atoms with Crippen LogP contribution in [0.4, 0.5) is 0 Å². The van der Waals surface area contributed by atoms with Crippen LogP contribution in [-0.4, -0.2) is 90.8 Å². The van der Waals surface area contributed by atoms with E-state index in [4.69, 9.17) is 19.4 Å². The average Bonchev–Trinajstić information content (AvgIpc) is 4.03. The molecule has 2 aliphatic rings. The van der Waals surface area contributed by atoms with Gasteiger partial charge >= 0.3 is 11.9 Å². The molecule has 0 saturated carbocycles. The van der Waals surface area contributed by atoms with Gasteiger partial charge in [-0.2, -0.15) is 0 Å². The third-order valence-corrected chi connectivity index (χ3v) is 11.6. The number of aromatic amines is 3. The van der Waals surface area contributed by atoms with Crippen LogP contribution in [0.25, 0.3) is 44.6 Å². The largest absolute Gasteiger partial charge is 0.469 e. The van der Waals surface area contributed by atoms with Gasteiger partial charge in [-0.25, -0.2) is 15.0 Å². The Hall–Kier alpha value is -5.86. The molecule has 0 unspecified atom stereocenters. The van der Waals surface area contributed by atoms with Gasteiger partial charge in [0.25, 0.3) is 5.56 Å². The molecule has 0 spiro atoms. The van der Waals surface area contributed by atoms with Gasteiger partial charge in [0.05, 0.1) is 78.6 Å². The predicted octanol–water partition coefficient (Wildman–Crippen LogP) is 5.85. The zero-order valence-corrected chi connectivity index (χ0v) is 33.3. The molecule has 3 aromatic heterocycles. The highest BCUT2D eigenvalue weighted by Crippen LogP contribution is 2.37. The van der Waals surface area contributed by atoms with Crippen LogP contribution in [-0.2, 0) is 28.7 Å². The number of nitrogens with one attached hydrogen (secondary N) is 3. The summed E-state index contributed by atoms with van der Waals surface area (Å²) in [6, 6.07) is 10.6. The van der Waals surface area contributed by atoms with Gasteiger partial charge in [-0.05, 0) is 73.4 Å². The van der Waals surface area contributed by atoms with Crippen LogP contribution < -0.4 is 5.56 Å². The molecule has 0 radical (unpaired) electrons. The number of fused-ring (bicyclic) bond motifs is 2. The molecule has 4 atom stereocenters. The van der Waals surface area contributed by atoms with E-state index >= 15 is 0 Å². The number of nitrogens with zero attached hydrogens (tertiary/aromatic N) is 5. The standard InChI is InChI=1S/C42H50N8O7/c1-22(2)26(19-35(51)56-5)41(54)49-15-7-9-33(49)38-44-29-13-11-24(17-31(29)46-38)28-21-43-37(48-40(28)53)25-12-14-30-32(18-25)47-39(45-30)34-10-8-16-50(34)42(55)27(23(3)4)20-36(52)57-6/h11-14,17-18,21-23,26-27,33-34H,7-10,15-16,19-20H2,1-6H3,(H,44,46)(H,45,47)(H,43,48,53)/t26-,27-,33-,34-/m0/s1. The van der Waals surface area contributed by atoms with Crippen LogP contribution >= 0.6 is 0 Å². The lowest BCUT2D eigenvalue weighted by atomic mass is 9.91. The van der Waals surface area contributed by atoms with Crippen LogP contribution in [0.3, 0.4) is 0 Å². The molecule has 2 amide bonds. The van der Waals surface area contributed by atoms with Crippen molar-refractivity contribution in [2.45, 2.75) is 78.3 Å². The quantitative estimate of drug-likeness (QED) is 0.129. The lowest BCUT2D eigenvalue weighted by molar-refractivity contribution is -0.148. The third-order valence-electron chi connectivity index (χ3n) is 11.6. The highest BCUT2D eigenvalue weighted by Gasteiger charge is 2.39. The summed E-state index contributed by atoms with van der Waals surface area (Å²) in [6.07, 6.45) is 4.76. The Kier molecular flexibility index (Phi) is 11.3. The molecular weight excluding hydrogens is 729 g/mol. The maximum absolute atomic E-state index is 13.7. The van der Waals surface area contributed by atoms with Crippen LogP contribution in [0.2, 0.25) is 0 Å². The second kappa shape index (κ2) is 16.3. The van der Waals surface area contributed by atoms with Crippen LogP contribution in [0.5, 0.6) is 0 Å². The van der Waals surface area contributed by atoms with Crippen molar-refractivity contribution in [2.24, 2.45) is 23.7 Å². The highest BCUT2D eigenvalue weighted by atomic mass is 16.5. The van der Waals surface area contributed by atoms with E-state index in [2.05, 4.69) is 19.9 Å². The molecule has 2 aromatic carbocycles. The van der Waals surface area contributed by atoms with Gasteiger partial charge < -0.3 is 34.2 Å². The zero-order chi connectivity index (χ0) is 40.5. The van der Waals surface area contributed by atoms with E-state index < -0.39 is 23.8 Å². The van der Waals surface area contributed by atoms with E-state index in [1.165, 1.54) is 14.2 Å². The van der Waals surface area contributed by atoms with Gasteiger partial charge in [0.1, 0.15) is 17.5 Å².